The summed E-state index contributed by atoms with van der Waals surface area (Å²) < 4.78 is 1.36. The molecule has 116 valence electrons. The van der Waals surface area contributed by atoms with Gasteiger partial charge in [0.05, 0.1) is 4.92 Å². The van der Waals surface area contributed by atoms with Crippen molar-refractivity contribution < 1.29 is 9.72 Å². The van der Waals surface area contributed by atoms with E-state index in [0.717, 1.165) is 19.0 Å². The highest BCUT2D eigenvalue weighted by molar-refractivity contribution is 5.83. The Hall–Kier alpha value is -1.96. The summed E-state index contributed by atoms with van der Waals surface area (Å²) in [5.74, 6) is 0.402. The number of hydrogen-bond donors (Lipinski definition) is 1. The number of piperidine rings is 1. The van der Waals surface area contributed by atoms with Crippen LogP contribution in [-0.2, 0) is 10.3 Å². The summed E-state index contributed by atoms with van der Waals surface area (Å²) in [6.45, 7) is 5.44. The second kappa shape index (κ2) is 5.80. The number of nitrogens with two attached hydrogens (primary N) is 1. The zero-order chi connectivity index (χ0) is 15.6. The van der Waals surface area contributed by atoms with Crippen LogP contribution in [0.5, 0.6) is 0 Å². The minimum Gasteiger partial charge on any atom is -0.341 e. The van der Waals surface area contributed by atoms with Gasteiger partial charge in [-0.1, -0.05) is 0 Å². The molecule has 21 heavy (non-hydrogen) atoms. The first-order valence-corrected chi connectivity index (χ1v) is 7.05. The number of rotatable bonds is 4. The molecule has 1 aromatic heterocycles. The Morgan fingerprint density at radius 2 is 2.14 bits per heavy atom. The van der Waals surface area contributed by atoms with Gasteiger partial charge >= 0.3 is 5.69 Å². The standard InChI is InChI=1S/C13H21N5O3/c1-13(2,17-9-11(8-15-17)18(20)21)12(19)16-5-3-10(7-14)4-6-16/h8-10H,3-7,14H2,1-2H3. The quantitative estimate of drug-likeness (QED) is 0.650. The SMILES string of the molecule is CC(C)(C(=O)N1CCC(CN)CC1)n1cc([N+](=O)[O-])cn1. The molecule has 8 heteroatoms. The summed E-state index contributed by atoms with van der Waals surface area (Å²) in [6, 6.07) is 0. The zero-order valence-electron chi connectivity index (χ0n) is 12.4. The molecular formula is C13H21N5O3. The average Bonchev–Trinajstić information content (AvgIpc) is 2.97. The molecule has 2 heterocycles. The molecule has 0 atom stereocenters. The molecule has 1 fully saturated rings. The van der Waals surface area contributed by atoms with E-state index in [1.54, 1.807) is 18.7 Å². The number of carbonyl (C=O) groups excluding carboxylic acids is 1. The second-order valence-corrected chi connectivity index (χ2v) is 5.93. The molecule has 0 bridgehead atoms. The number of nitrogens with zero attached hydrogens (tertiary/aromatic N) is 4. The predicted molar refractivity (Wildman–Crippen MR) is 76.6 cm³/mol. The number of nitro groups is 1. The summed E-state index contributed by atoms with van der Waals surface area (Å²) >= 11 is 0. The van der Waals surface area contributed by atoms with Gasteiger partial charge in [0.15, 0.2) is 0 Å². The van der Waals surface area contributed by atoms with Crippen molar-refractivity contribution in [3.8, 4) is 0 Å². The first-order chi connectivity index (χ1) is 9.86. The Kier molecular flexibility index (Phi) is 4.26. The van der Waals surface area contributed by atoms with E-state index in [4.69, 9.17) is 5.73 Å². The van der Waals surface area contributed by atoms with Crippen molar-refractivity contribution >= 4 is 11.6 Å². The van der Waals surface area contributed by atoms with Crippen LogP contribution in [0.25, 0.3) is 0 Å². The number of aromatic nitrogens is 2. The van der Waals surface area contributed by atoms with Crippen LogP contribution in [0.2, 0.25) is 0 Å². The van der Waals surface area contributed by atoms with Crippen molar-refractivity contribution in [3.05, 3.63) is 22.5 Å². The summed E-state index contributed by atoms with van der Waals surface area (Å²) in [6.07, 6.45) is 4.26. The lowest BCUT2D eigenvalue weighted by Crippen LogP contribution is -2.50. The minimum atomic E-state index is -0.941. The normalized spacial score (nSPS) is 17.0. The maximum Gasteiger partial charge on any atom is 0.307 e. The van der Waals surface area contributed by atoms with Gasteiger partial charge in [0.25, 0.3) is 0 Å². The number of hydrogen-bond acceptors (Lipinski definition) is 5. The zero-order valence-corrected chi connectivity index (χ0v) is 12.4. The van der Waals surface area contributed by atoms with Gasteiger partial charge in [0, 0.05) is 13.1 Å². The van der Waals surface area contributed by atoms with Crippen LogP contribution in [0.1, 0.15) is 26.7 Å². The van der Waals surface area contributed by atoms with Crippen LogP contribution < -0.4 is 5.73 Å². The monoisotopic (exact) mass is 295 g/mol. The van der Waals surface area contributed by atoms with E-state index in [1.165, 1.54) is 10.9 Å². The molecule has 0 spiro atoms. The van der Waals surface area contributed by atoms with E-state index < -0.39 is 10.5 Å². The molecule has 8 nitrogen and oxygen atoms in total. The van der Waals surface area contributed by atoms with E-state index in [1.807, 2.05) is 0 Å². The van der Waals surface area contributed by atoms with Crippen LogP contribution in [0, 0.1) is 16.0 Å². The average molecular weight is 295 g/mol. The Morgan fingerprint density at radius 1 is 1.52 bits per heavy atom. The summed E-state index contributed by atoms with van der Waals surface area (Å²) in [5.41, 5.74) is 4.60. The Balaban J connectivity index is 2.11. The van der Waals surface area contributed by atoms with Crippen molar-refractivity contribution in [3.63, 3.8) is 0 Å². The predicted octanol–water partition coefficient (Wildman–Crippen LogP) is 0.724. The van der Waals surface area contributed by atoms with E-state index in [2.05, 4.69) is 5.10 Å². The number of amides is 1. The van der Waals surface area contributed by atoms with Gasteiger partial charge in [0.1, 0.15) is 17.9 Å². The fourth-order valence-corrected chi connectivity index (χ4v) is 2.57. The third kappa shape index (κ3) is 3.05. The van der Waals surface area contributed by atoms with Crippen LogP contribution in [0.15, 0.2) is 12.4 Å². The van der Waals surface area contributed by atoms with Gasteiger partial charge in [-0.05, 0) is 39.2 Å². The maximum absolute atomic E-state index is 12.7. The molecule has 0 unspecified atom stereocenters. The van der Waals surface area contributed by atoms with Gasteiger partial charge < -0.3 is 10.6 Å². The number of carbonyl (C=O) groups is 1. The minimum absolute atomic E-state index is 0.0732. The molecule has 0 radical (unpaired) electrons. The summed E-state index contributed by atoms with van der Waals surface area (Å²) in [7, 11) is 0. The van der Waals surface area contributed by atoms with E-state index >= 15 is 0 Å². The molecule has 1 aliphatic heterocycles. The summed E-state index contributed by atoms with van der Waals surface area (Å²) in [5, 5.41) is 14.7. The molecule has 2 N–H and O–H groups in total. The van der Waals surface area contributed by atoms with Crippen molar-refractivity contribution in [2.75, 3.05) is 19.6 Å². The van der Waals surface area contributed by atoms with Crippen molar-refractivity contribution in [1.29, 1.82) is 0 Å². The second-order valence-electron chi connectivity index (χ2n) is 5.93. The third-order valence-electron chi connectivity index (χ3n) is 4.11. The van der Waals surface area contributed by atoms with Gasteiger partial charge in [0.2, 0.25) is 5.91 Å². The maximum atomic E-state index is 12.7. The Labute approximate surface area is 123 Å². The third-order valence-corrected chi connectivity index (χ3v) is 4.11. The molecule has 0 saturated carbocycles. The van der Waals surface area contributed by atoms with Crippen molar-refractivity contribution in [1.82, 2.24) is 14.7 Å². The lowest BCUT2D eigenvalue weighted by Gasteiger charge is -2.36. The van der Waals surface area contributed by atoms with Crippen LogP contribution >= 0.6 is 0 Å². The molecule has 1 aliphatic rings. The first-order valence-electron chi connectivity index (χ1n) is 7.05. The van der Waals surface area contributed by atoms with Gasteiger partial charge in [-0.15, -0.1) is 0 Å². The fourth-order valence-electron chi connectivity index (χ4n) is 2.57. The molecule has 0 aromatic carbocycles. The van der Waals surface area contributed by atoms with Gasteiger partial charge in [-0.3, -0.25) is 19.6 Å². The highest BCUT2D eigenvalue weighted by Crippen LogP contribution is 2.24. The highest BCUT2D eigenvalue weighted by atomic mass is 16.6. The fraction of sp³-hybridized carbons (Fsp3) is 0.692. The van der Waals surface area contributed by atoms with Crippen molar-refractivity contribution in [2.24, 2.45) is 11.7 Å². The van der Waals surface area contributed by atoms with E-state index in [-0.39, 0.29) is 11.6 Å². The van der Waals surface area contributed by atoms with Gasteiger partial charge in [-0.2, -0.15) is 5.10 Å². The van der Waals surface area contributed by atoms with Gasteiger partial charge in [-0.25, -0.2) is 0 Å². The van der Waals surface area contributed by atoms with Crippen LogP contribution in [0.4, 0.5) is 5.69 Å². The molecule has 2 rings (SSSR count). The molecule has 1 saturated heterocycles. The first kappa shape index (κ1) is 15.4. The number of likely N-dealkylation sites (tertiary alicyclic amines) is 1. The molecule has 1 aromatic rings. The Morgan fingerprint density at radius 3 is 2.62 bits per heavy atom. The molecule has 0 aliphatic carbocycles. The lowest BCUT2D eigenvalue weighted by atomic mass is 9.95. The van der Waals surface area contributed by atoms with Crippen molar-refractivity contribution in [2.45, 2.75) is 32.2 Å². The lowest BCUT2D eigenvalue weighted by molar-refractivity contribution is -0.385. The molecule has 1 amide bonds. The summed E-state index contributed by atoms with van der Waals surface area (Å²) in [4.78, 5) is 24.7. The highest BCUT2D eigenvalue weighted by Gasteiger charge is 2.36. The smallest absolute Gasteiger partial charge is 0.307 e. The molecular weight excluding hydrogens is 274 g/mol. The van der Waals surface area contributed by atoms with Crippen LogP contribution in [0.3, 0.4) is 0 Å². The topological polar surface area (TPSA) is 107 Å². The van der Waals surface area contributed by atoms with Crippen LogP contribution in [-0.4, -0.2) is 45.1 Å². The largest absolute Gasteiger partial charge is 0.341 e. The van der Waals surface area contributed by atoms with E-state index in [9.17, 15) is 14.9 Å². The Bertz CT molecular complexity index is 532. The van der Waals surface area contributed by atoms with E-state index in [0.29, 0.717) is 25.6 Å².